The molecule has 0 aromatic heterocycles. The van der Waals surface area contributed by atoms with E-state index in [-0.39, 0.29) is 24.4 Å². The first-order chi connectivity index (χ1) is 9.69. The molecule has 0 heterocycles. The Morgan fingerprint density at radius 1 is 0.545 bits per heavy atom. The quantitative estimate of drug-likeness (QED) is 0.399. The zero-order valence-corrected chi connectivity index (χ0v) is 20.5. The van der Waals surface area contributed by atoms with E-state index < -0.39 is 26.1 Å². The zero-order chi connectivity index (χ0) is 17.8. The molecule has 0 fully saturated rings. The van der Waals surface area contributed by atoms with E-state index in [9.17, 15) is 0 Å². The molecule has 0 bridgehead atoms. The first kappa shape index (κ1) is 22.8. The predicted octanol–water partition coefficient (Wildman–Crippen LogP) is 4.80. The fraction of sp³-hybridized carbons (Fsp3) is 1.00. The van der Waals surface area contributed by atoms with Gasteiger partial charge in [0.2, 0.25) is 0 Å². The predicted molar refractivity (Wildman–Crippen MR) is 89.3 cm³/mol. The van der Waals surface area contributed by atoms with Crippen molar-refractivity contribution in [2.45, 2.75) is 99.4 Å². The summed E-state index contributed by atoms with van der Waals surface area (Å²) < 4.78 is 31.7. The van der Waals surface area contributed by atoms with E-state index in [0.717, 1.165) is 0 Å². The Bertz CT molecular complexity index is 288. The third kappa shape index (κ3) is 8.03. The number of hydrogen-bond donors (Lipinski definition) is 0. The van der Waals surface area contributed by atoms with Gasteiger partial charge >= 0.3 is 141 Å². The molecule has 22 heavy (non-hydrogen) atoms. The Hall–Kier alpha value is 0.757. The molecular formula is C15H37O5SiTa. The molecule has 0 N–H and O–H groups in total. The molecule has 136 valence electrons. The minimum absolute atomic E-state index is 0.111. The van der Waals surface area contributed by atoms with Crippen molar-refractivity contribution < 1.29 is 33.7 Å². The average molecular weight is 506 g/mol. The molecule has 5 nitrogen and oxygen atoms in total. The van der Waals surface area contributed by atoms with Crippen LogP contribution in [0.25, 0.3) is 0 Å². The third-order valence-electron chi connectivity index (χ3n) is 1.95. The fourth-order valence-corrected chi connectivity index (χ4v) is 25.6. The summed E-state index contributed by atoms with van der Waals surface area (Å²) in [6.45, 7) is 22.0. The van der Waals surface area contributed by atoms with Gasteiger partial charge in [0, 0.05) is 0 Å². The van der Waals surface area contributed by atoms with Gasteiger partial charge in [-0.25, -0.2) is 0 Å². The first-order valence-electron chi connectivity index (χ1n) is 8.18. The Labute approximate surface area is 141 Å². The van der Waals surface area contributed by atoms with Crippen molar-refractivity contribution in [3.63, 3.8) is 0 Å². The van der Waals surface area contributed by atoms with E-state index in [0.29, 0.717) is 0 Å². The second-order valence-electron chi connectivity index (χ2n) is 7.57. The van der Waals surface area contributed by atoms with Crippen LogP contribution in [0, 0.1) is 0 Å². The minimum atomic E-state index is -5.33. The number of hydrogen-bond acceptors (Lipinski definition) is 5. The molecule has 0 aliphatic heterocycles. The molecule has 0 radical (unpaired) electrons. The SMILES string of the molecule is CC(C)[O][Ta]([O]C(C)C)([O]C(C)C)([O]C(C)C)[O][Si](C)(C)C. The fourth-order valence-electron chi connectivity index (χ4n) is 2.06. The summed E-state index contributed by atoms with van der Waals surface area (Å²) in [6, 6.07) is 0. The Morgan fingerprint density at radius 3 is 0.909 bits per heavy atom. The van der Waals surface area contributed by atoms with Crippen molar-refractivity contribution in [3.8, 4) is 0 Å². The van der Waals surface area contributed by atoms with Crippen LogP contribution in [0.5, 0.6) is 0 Å². The van der Waals surface area contributed by atoms with Crippen LogP contribution in [0.1, 0.15) is 55.4 Å². The summed E-state index contributed by atoms with van der Waals surface area (Å²) in [5.74, 6) is 0. The Kier molecular flexibility index (Phi) is 8.51. The van der Waals surface area contributed by atoms with Crippen LogP contribution in [0.3, 0.4) is 0 Å². The molecular weight excluding hydrogens is 469 g/mol. The summed E-state index contributed by atoms with van der Waals surface area (Å²) >= 11 is -5.33. The van der Waals surface area contributed by atoms with Gasteiger partial charge in [0.1, 0.15) is 0 Å². The molecule has 0 unspecified atom stereocenters. The van der Waals surface area contributed by atoms with Gasteiger partial charge in [-0.15, -0.1) is 0 Å². The first-order valence-corrected chi connectivity index (χ1v) is 18.1. The summed E-state index contributed by atoms with van der Waals surface area (Å²) in [4.78, 5) is 0. The molecule has 0 saturated heterocycles. The maximum atomic E-state index is 6.52. The molecule has 7 heteroatoms. The van der Waals surface area contributed by atoms with E-state index in [2.05, 4.69) is 19.6 Å². The van der Waals surface area contributed by atoms with Gasteiger partial charge in [-0.2, -0.15) is 0 Å². The van der Waals surface area contributed by atoms with Crippen LogP contribution in [0.4, 0.5) is 0 Å². The molecule has 0 rings (SSSR count). The van der Waals surface area contributed by atoms with Gasteiger partial charge in [-0.05, 0) is 0 Å². The van der Waals surface area contributed by atoms with Crippen LogP contribution >= 0.6 is 0 Å². The maximum absolute atomic E-state index is 6.52. The van der Waals surface area contributed by atoms with Gasteiger partial charge < -0.3 is 0 Å². The van der Waals surface area contributed by atoms with Gasteiger partial charge in [-0.1, -0.05) is 0 Å². The van der Waals surface area contributed by atoms with Gasteiger partial charge in [0.25, 0.3) is 0 Å². The molecule has 0 aliphatic carbocycles. The van der Waals surface area contributed by atoms with E-state index in [4.69, 9.17) is 15.9 Å². The standard InChI is InChI=1S/C3H9OSi.4C3H7O.Ta/c1-5(2,3)4;4*1-3(2)4;/h1-3H3;4*3H,1-2H3;/q5*-1;+5. The van der Waals surface area contributed by atoms with Crippen molar-refractivity contribution in [3.05, 3.63) is 0 Å². The van der Waals surface area contributed by atoms with Gasteiger partial charge in [0.05, 0.1) is 0 Å². The molecule has 0 aromatic rings. The van der Waals surface area contributed by atoms with E-state index in [1.54, 1.807) is 0 Å². The molecule has 0 aromatic carbocycles. The van der Waals surface area contributed by atoms with Crippen LogP contribution in [-0.4, -0.2) is 32.7 Å². The number of rotatable bonds is 10. The van der Waals surface area contributed by atoms with Crippen LogP contribution < -0.4 is 0 Å². The summed E-state index contributed by atoms with van der Waals surface area (Å²) in [7, 11) is -2.04. The second kappa shape index (κ2) is 8.23. The molecule has 0 atom stereocenters. The zero-order valence-electron chi connectivity index (χ0n) is 16.3. The van der Waals surface area contributed by atoms with Crippen molar-refractivity contribution in [2.75, 3.05) is 0 Å². The Balaban J connectivity index is 6.13. The summed E-state index contributed by atoms with van der Waals surface area (Å²) in [5, 5.41) is 0. The normalized spacial score (nSPS) is 15.9. The van der Waals surface area contributed by atoms with Crippen molar-refractivity contribution in [2.24, 2.45) is 0 Å². The second-order valence-corrected chi connectivity index (χ2v) is 22.3. The topological polar surface area (TPSA) is 46.2 Å². The average Bonchev–Trinajstić information content (AvgIpc) is 2.05. The van der Waals surface area contributed by atoms with Crippen molar-refractivity contribution in [1.29, 1.82) is 0 Å². The van der Waals surface area contributed by atoms with Crippen molar-refractivity contribution in [1.82, 2.24) is 0 Å². The van der Waals surface area contributed by atoms with E-state index in [1.807, 2.05) is 55.4 Å². The summed E-state index contributed by atoms with van der Waals surface area (Å²) in [6.07, 6.45) is -0.443. The molecule has 0 aliphatic rings. The van der Waals surface area contributed by atoms with Gasteiger partial charge in [-0.3, -0.25) is 0 Å². The molecule has 0 saturated carbocycles. The van der Waals surface area contributed by atoms with Crippen LogP contribution in [-0.2, 0) is 33.7 Å². The Morgan fingerprint density at radius 2 is 0.773 bits per heavy atom. The molecule has 0 amide bonds. The van der Waals surface area contributed by atoms with Crippen LogP contribution in [0.2, 0.25) is 19.6 Å². The van der Waals surface area contributed by atoms with E-state index >= 15 is 0 Å². The van der Waals surface area contributed by atoms with Crippen molar-refractivity contribution >= 4 is 8.32 Å². The monoisotopic (exact) mass is 506 g/mol. The third-order valence-corrected chi connectivity index (χ3v) is 22.9. The molecule has 0 spiro atoms. The summed E-state index contributed by atoms with van der Waals surface area (Å²) in [5.41, 5.74) is 0. The van der Waals surface area contributed by atoms with Gasteiger partial charge in [0.15, 0.2) is 0 Å². The van der Waals surface area contributed by atoms with E-state index in [1.165, 1.54) is 0 Å². The van der Waals surface area contributed by atoms with Crippen LogP contribution in [0.15, 0.2) is 0 Å².